The van der Waals surface area contributed by atoms with Gasteiger partial charge >= 0.3 is 182 Å². The molecule has 0 amide bonds. The van der Waals surface area contributed by atoms with Crippen LogP contribution in [0.3, 0.4) is 0 Å². The maximum Gasteiger partial charge on any atom is 1.00 e. The molecule has 0 saturated heterocycles. The molecule has 0 aromatic carbocycles. The van der Waals surface area contributed by atoms with Gasteiger partial charge in [0.15, 0.2) is 0 Å². The summed E-state index contributed by atoms with van der Waals surface area (Å²) in [5, 5.41) is 6.71. The van der Waals surface area contributed by atoms with Gasteiger partial charge in [-0.15, -0.1) is 0 Å². The number of hydrogen-bond donors (Lipinski definition) is 0. The van der Waals surface area contributed by atoms with Crippen molar-refractivity contribution in [2.45, 2.75) is 18.1 Å². The Hall–Kier alpha value is -0.699. The summed E-state index contributed by atoms with van der Waals surface area (Å²) in [4.78, 5) is 8.47. The average Bonchev–Trinajstić information content (AvgIpc) is 3.11. The number of hydrogen-bond acceptors (Lipinski definition) is 6. The van der Waals surface area contributed by atoms with Crippen LogP contribution in [0.15, 0.2) is 11.1 Å². The van der Waals surface area contributed by atoms with Crippen molar-refractivity contribution in [2.75, 3.05) is 5.75 Å². The predicted octanol–water partition coefficient (Wildman–Crippen LogP) is -4.55. The molecule has 0 spiro atoms. The van der Waals surface area contributed by atoms with Crippen molar-refractivity contribution in [2.24, 2.45) is 14.1 Å². The summed E-state index contributed by atoms with van der Waals surface area (Å²) in [7, 11) is 5.40. The fourth-order valence-corrected chi connectivity index (χ4v) is 6.50. The summed E-state index contributed by atoms with van der Waals surface area (Å²) in [6.07, 6.45) is -4.67. The van der Waals surface area contributed by atoms with E-state index < -0.39 is 37.8 Å². The molecule has 0 aliphatic heterocycles. The van der Waals surface area contributed by atoms with Gasteiger partial charge in [0.2, 0.25) is 0 Å². The van der Waals surface area contributed by atoms with Gasteiger partial charge in [-0.25, -0.2) is 0 Å². The van der Waals surface area contributed by atoms with Crippen molar-refractivity contribution in [1.82, 2.24) is 29.3 Å². The van der Waals surface area contributed by atoms with Gasteiger partial charge < -0.3 is 12.4 Å². The first-order chi connectivity index (χ1) is 12.5. The average molecular weight is 517 g/mol. The van der Waals surface area contributed by atoms with Gasteiger partial charge in [0.1, 0.15) is 0 Å². The molecule has 0 atom stereocenters. The first-order valence-corrected chi connectivity index (χ1v) is 14.7. The van der Waals surface area contributed by atoms with E-state index in [1.54, 1.807) is 7.05 Å². The number of rotatable bonds is 4. The number of nitrogens with zero attached hydrogens (tertiary/aromatic N) is 6. The smallest absolute Gasteiger partial charge is 1.00 e. The standard InChI is InChI=1S/C13H12F3N6O2S.2ClH.Li.Zn/c1-4-25(23,24)12-9(17-6-21(12)2)11-18-7-5-8(13(14,15)16)19-20-10(7)22(11)3;;;;/h5H,4H2,1-3H3;2*1H;;/q;;;2*+1/p-2. The zero-order valence-corrected chi connectivity index (χ0v) is 21.1. The fourth-order valence-electron chi connectivity index (χ4n) is 2.62. The van der Waals surface area contributed by atoms with Gasteiger partial charge in [0, 0.05) is 0 Å². The number of aryl methyl sites for hydroxylation is 1. The molecule has 3 rings (SSSR count). The minimum atomic E-state index is -4.67. The normalized spacial score (nSPS) is 11.7. The Morgan fingerprint density at radius 2 is 1.79 bits per heavy atom. The van der Waals surface area contributed by atoms with E-state index in [1.165, 1.54) is 23.1 Å². The Balaban J connectivity index is 0.00000210. The van der Waals surface area contributed by atoms with Crippen LogP contribution in [0.2, 0.25) is 0 Å². The van der Waals surface area contributed by atoms with Gasteiger partial charge in [-0.05, 0) is 0 Å². The van der Waals surface area contributed by atoms with Gasteiger partial charge in [0.25, 0.3) is 0 Å². The van der Waals surface area contributed by atoms with Crippen LogP contribution in [0.4, 0.5) is 13.2 Å². The Labute approximate surface area is 193 Å². The van der Waals surface area contributed by atoms with E-state index in [0.29, 0.717) is 4.42 Å². The first kappa shape index (κ1) is 26.3. The molecule has 3 heterocycles. The van der Waals surface area contributed by atoms with E-state index in [4.69, 9.17) is 9.69 Å². The van der Waals surface area contributed by atoms with Gasteiger partial charge in [-0.1, -0.05) is 0 Å². The van der Waals surface area contributed by atoms with Crippen LogP contribution in [0, 0.1) is 0 Å². The molecule has 0 fully saturated rings. The third-order valence-corrected chi connectivity index (χ3v) is 8.94. The van der Waals surface area contributed by atoms with E-state index in [-0.39, 0.29) is 64.7 Å². The predicted molar refractivity (Wildman–Crippen MR) is 86.7 cm³/mol. The summed E-state index contributed by atoms with van der Waals surface area (Å²) in [5.41, 5.74) is -1.11. The molecule has 0 saturated carbocycles. The summed E-state index contributed by atoms with van der Waals surface area (Å²) in [6, 6.07) is 0.767. The molecule has 16 heteroatoms. The van der Waals surface area contributed by atoms with Crippen molar-refractivity contribution < 1.29 is 69.0 Å². The molecular weight excluding hydrogens is 504 g/mol. The second-order valence-electron chi connectivity index (χ2n) is 5.71. The van der Waals surface area contributed by atoms with Crippen LogP contribution in [0.25, 0.3) is 22.7 Å². The minimum Gasteiger partial charge on any atom is -1.00 e. The summed E-state index contributed by atoms with van der Waals surface area (Å²) >= 11 is -1.78. The molecule has 0 unspecified atom stereocenters. The number of aromatic nitrogens is 6. The Bertz CT molecular complexity index is 1150. The second kappa shape index (κ2) is 9.20. The Morgan fingerprint density at radius 3 is 2.31 bits per heavy atom. The fraction of sp³-hybridized carbons (Fsp3) is 0.385. The third-order valence-electron chi connectivity index (χ3n) is 4.05. The zero-order valence-electron chi connectivity index (χ0n) is 15.8. The Morgan fingerprint density at radius 1 is 1.17 bits per heavy atom. The second-order valence-corrected chi connectivity index (χ2v) is 11.2. The number of alkyl halides is 3. The zero-order chi connectivity index (χ0) is 20.1. The molecule has 0 N–H and O–H groups in total. The van der Waals surface area contributed by atoms with E-state index in [9.17, 15) is 21.6 Å². The molecule has 8 nitrogen and oxygen atoms in total. The molecule has 3 aromatic heterocycles. The van der Waals surface area contributed by atoms with Crippen LogP contribution in [-0.2, 0) is 46.2 Å². The number of halogens is 5. The van der Waals surface area contributed by atoms with E-state index in [1.807, 2.05) is 0 Å². The maximum atomic E-state index is 12.9. The van der Waals surface area contributed by atoms with Crippen LogP contribution in [0.5, 0.6) is 0 Å². The molecule has 0 radical (unpaired) electrons. The van der Waals surface area contributed by atoms with E-state index >= 15 is 0 Å². The largest absolute Gasteiger partial charge is 1.00 e. The van der Waals surface area contributed by atoms with E-state index in [0.717, 1.165) is 6.07 Å². The molecule has 29 heavy (non-hydrogen) atoms. The molecular formula is C13H12Cl2F3LiN6O2SZn. The number of fused-ring (bicyclic) bond motifs is 1. The van der Waals surface area contributed by atoms with Crippen molar-refractivity contribution in [1.29, 1.82) is 0 Å². The van der Waals surface area contributed by atoms with Crippen LogP contribution in [-0.4, -0.2) is 43.5 Å². The number of sulfone groups is 1. The van der Waals surface area contributed by atoms with Crippen LogP contribution >= 0.6 is 9.69 Å². The first-order valence-electron chi connectivity index (χ1n) is 7.63. The molecule has 0 bridgehead atoms. The van der Waals surface area contributed by atoms with Gasteiger partial charge in [-0.2, -0.15) is 0 Å². The maximum absolute atomic E-state index is 12.9. The SMILES string of the molecule is CCS(=O)(=O)c1c(-c2nc3cc(C(F)(F)F)nnc3n2C)n[c]([Zn][Cl])n1C.[Cl-].[Li+]. The summed E-state index contributed by atoms with van der Waals surface area (Å²) < 4.78 is 67.0. The van der Waals surface area contributed by atoms with Crippen molar-refractivity contribution in [3.63, 3.8) is 0 Å². The van der Waals surface area contributed by atoms with E-state index in [2.05, 4.69) is 20.2 Å². The number of imidazole rings is 2. The van der Waals surface area contributed by atoms with Gasteiger partial charge in [0.05, 0.1) is 0 Å². The van der Waals surface area contributed by atoms with Crippen LogP contribution < -0.4 is 35.7 Å². The van der Waals surface area contributed by atoms with Crippen molar-refractivity contribution >= 4 is 35.1 Å². The third kappa shape index (κ3) is 4.65. The quantitative estimate of drug-likeness (QED) is 0.324. The van der Waals surface area contributed by atoms with Crippen LogP contribution in [0.1, 0.15) is 12.6 Å². The molecule has 3 aromatic rings. The Kier molecular flexibility index (Phi) is 8.36. The molecule has 0 aliphatic carbocycles. The van der Waals surface area contributed by atoms with Crippen molar-refractivity contribution in [3.8, 4) is 11.5 Å². The van der Waals surface area contributed by atoms with Crippen molar-refractivity contribution in [3.05, 3.63) is 11.8 Å². The minimum absolute atomic E-state index is 0. The molecule has 150 valence electrons. The monoisotopic (exact) mass is 514 g/mol. The topological polar surface area (TPSA) is 95.6 Å². The van der Waals surface area contributed by atoms with Gasteiger partial charge in [-0.3, -0.25) is 0 Å². The molecule has 0 aliphatic rings. The summed E-state index contributed by atoms with van der Waals surface area (Å²) in [6.45, 7) is 1.49. The summed E-state index contributed by atoms with van der Waals surface area (Å²) in [5.74, 6) is -0.0871.